The molecule has 3 heteroatoms. The number of morpholine rings is 1. The summed E-state index contributed by atoms with van der Waals surface area (Å²) in [6.45, 7) is 12.6. The minimum atomic E-state index is 0.874. The molecule has 1 fully saturated rings. The number of nitrogens with zero attached hydrogens (tertiary/aromatic N) is 2. The Hall–Kier alpha value is -0.120. The van der Waals surface area contributed by atoms with Gasteiger partial charge in [-0.2, -0.15) is 0 Å². The van der Waals surface area contributed by atoms with E-state index in [1.54, 1.807) is 0 Å². The summed E-state index contributed by atoms with van der Waals surface area (Å²) < 4.78 is 5.32. The van der Waals surface area contributed by atoms with Gasteiger partial charge < -0.3 is 4.74 Å². The lowest BCUT2D eigenvalue weighted by Crippen LogP contribution is -2.45. The SMILES string of the molecule is CCN(CC)[C](C)N1CCOCC1. The zero-order valence-electron chi connectivity index (χ0n) is 9.05. The molecule has 77 valence electrons. The van der Waals surface area contributed by atoms with Crippen LogP contribution in [0.1, 0.15) is 20.8 Å². The summed E-state index contributed by atoms with van der Waals surface area (Å²) in [5.74, 6) is 0. The van der Waals surface area contributed by atoms with Crippen LogP contribution >= 0.6 is 0 Å². The fourth-order valence-electron chi connectivity index (χ4n) is 1.77. The Balaban J connectivity index is 2.38. The molecule has 3 nitrogen and oxygen atoms in total. The van der Waals surface area contributed by atoms with Crippen LogP contribution in [-0.2, 0) is 4.74 Å². The van der Waals surface area contributed by atoms with Crippen molar-refractivity contribution in [2.75, 3.05) is 39.4 Å². The summed E-state index contributed by atoms with van der Waals surface area (Å²) in [5.41, 5.74) is 0. The van der Waals surface area contributed by atoms with E-state index in [0.717, 1.165) is 39.4 Å². The van der Waals surface area contributed by atoms with Crippen LogP contribution < -0.4 is 0 Å². The fourth-order valence-corrected chi connectivity index (χ4v) is 1.77. The molecule has 1 rings (SSSR count). The van der Waals surface area contributed by atoms with E-state index < -0.39 is 0 Å². The first-order valence-electron chi connectivity index (χ1n) is 5.20. The van der Waals surface area contributed by atoms with Crippen molar-refractivity contribution < 1.29 is 4.74 Å². The lowest BCUT2D eigenvalue weighted by molar-refractivity contribution is 0.0171. The van der Waals surface area contributed by atoms with E-state index in [1.165, 1.54) is 6.17 Å². The van der Waals surface area contributed by atoms with Gasteiger partial charge in [0.25, 0.3) is 0 Å². The average molecular weight is 185 g/mol. The predicted molar refractivity (Wildman–Crippen MR) is 54.2 cm³/mol. The van der Waals surface area contributed by atoms with Gasteiger partial charge in [-0.05, 0) is 20.0 Å². The van der Waals surface area contributed by atoms with Crippen molar-refractivity contribution in [2.24, 2.45) is 0 Å². The topological polar surface area (TPSA) is 15.7 Å². The van der Waals surface area contributed by atoms with Crippen molar-refractivity contribution in [1.29, 1.82) is 0 Å². The molecule has 0 unspecified atom stereocenters. The Morgan fingerprint density at radius 2 is 1.77 bits per heavy atom. The summed E-state index contributed by atoms with van der Waals surface area (Å²) in [7, 11) is 0. The van der Waals surface area contributed by atoms with Gasteiger partial charge in [0.15, 0.2) is 0 Å². The smallest absolute Gasteiger partial charge is 0.103 e. The maximum absolute atomic E-state index is 5.32. The Kier molecular flexibility index (Phi) is 4.70. The highest BCUT2D eigenvalue weighted by Crippen LogP contribution is 2.14. The van der Waals surface area contributed by atoms with Crippen LogP contribution in [-0.4, -0.2) is 49.2 Å². The minimum absolute atomic E-state index is 0.874. The zero-order valence-corrected chi connectivity index (χ0v) is 9.05. The van der Waals surface area contributed by atoms with Crippen LogP contribution in [0.3, 0.4) is 0 Å². The Morgan fingerprint density at radius 3 is 2.23 bits per heavy atom. The van der Waals surface area contributed by atoms with E-state index in [0.29, 0.717) is 0 Å². The number of ether oxygens (including phenoxy) is 1. The molecule has 0 aromatic heterocycles. The summed E-state index contributed by atoms with van der Waals surface area (Å²) >= 11 is 0. The van der Waals surface area contributed by atoms with Crippen molar-refractivity contribution in [3.63, 3.8) is 0 Å². The number of rotatable bonds is 4. The minimum Gasteiger partial charge on any atom is -0.379 e. The molecular weight excluding hydrogens is 164 g/mol. The molecule has 1 heterocycles. The monoisotopic (exact) mass is 185 g/mol. The molecule has 1 saturated heterocycles. The van der Waals surface area contributed by atoms with Crippen molar-refractivity contribution in [2.45, 2.75) is 20.8 Å². The molecule has 0 spiro atoms. The summed E-state index contributed by atoms with van der Waals surface area (Å²) in [6.07, 6.45) is 1.40. The Bertz CT molecular complexity index is 131. The molecule has 0 aromatic carbocycles. The van der Waals surface area contributed by atoms with Gasteiger partial charge in [-0.1, -0.05) is 13.8 Å². The first-order chi connectivity index (χ1) is 6.29. The number of hydrogen-bond acceptors (Lipinski definition) is 3. The summed E-state index contributed by atoms with van der Waals surface area (Å²) in [6, 6.07) is 0. The van der Waals surface area contributed by atoms with Crippen LogP contribution in [0.4, 0.5) is 0 Å². The molecule has 0 aromatic rings. The third kappa shape index (κ3) is 2.93. The van der Waals surface area contributed by atoms with E-state index in [4.69, 9.17) is 4.74 Å². The molecule has 0 N–H and O–H groups in total. The first kappa shape index (κ1) is 11.0. The van der Waals surface area contributed by atoms with Crippen LogP contribution in [0.15, 0.2) is 0 Å². The van der Waals surface area contributed by atoms with Crippen LogP contribution in [0.2, 0.25) is 0 Å². The van der Waals surface area contributed by atoms with Gasteiger partial charge in [-0.3, -0.25) is 9.80 Å². The van der Waals surface area contributed by atoms with E-state index in [-0.39, 0.29) is 0 Å². The molecule has 0 saturated carbocycles. The third-order valence-corrected chi connectivity index (χ3v) is 2.69. The zero-order chi connectivity index (χ0) is 9.68. The van der Waals surface area contributed by atoms with Gasteiger partial charge >= 0.3 is 0 Å². The van der Waals surface area contributed by atoms with Gasteiger partial charge in [0.05, 0.1) is 13.2 Å². The number of hydrogen-bond donors (Lipinski definition) is 0. The largest absolute Gasteiger partial charge is 0.379 e. The van der Waals surface area contributed by atoms with Crippen LogP contribution in [0.25, 0.3) is 0 Å². The summed E-state index contributed by atoms with van der Waals surface area (Å²) in [5, 5.41) is 0. The average Bonchev–Trinajstić information content (AvgIpc) is 2.21. The second kappa shape index (κ2) is 5.58. The van der Waals surface area contributed by atoms with Crippen LogP contribution in [0, 0.1) is 6.17 Å². The van der Waals surface area contributed by atoms with Crippen molar-refractivity contribution >= 4 is 0 Å². The van der Waals surface area contributed by atoms with Gasteiger partial charge in [-0.25, -0.2) is 0 Å². The standard InChI is InChI=1S/C10H21N2O/c1-4-11(5-2)10(3)12-6-8-13-9-7-12/h4-9H2,1-3H3. The second-order valence-corrected chi connectivity index (χ2v) is 3.32. The van der Waals surface area contributed by atoms with Gasteiger partial charge in [0.2, 0.25) is 0 Å². The Morgan fingerprint density at radius 1 is 1.23 bits per heavy atom. The van der Waals surface area contributed by atoms with E-state index in [2.05, 4.69) is 30.6 Å². The van der Waals surface area contributed by atoms with Gasteiger partial charge in [0, 0.05) is 13.1 Å². The fraction of sp³-hybridized carbons (Fsp3) is 0.900. The predicted octanol–water partition coefficient (Wildman–Crippen LogP) is 1.17. The molecule has 1 aliphatic rings. The summed E-state index contributed by atoms with van der Waals surface area (Å²) in [4.78, 5) is 4.81. The third-order valence-electron chi connectivity index (χ3n) is 2.69. The molecule has 0 bridgehead atoms. The lowest BCUT2D eigenvalue weighted by atomic mass is 10.3. The van der Waals surface area contributed by atoms with E-state index >= 15 is 0 Å². The van der Waals surface area contributed by atoms with Crippen molar-refractivity contribution in [3.05, 3.63) is 6.17 Å². The quantitative estimate of drug-likeness (QED) is 0.654. The molecule has 0 aliphatic carbocycles. The molecule has 0 amide bonds. The highest BCUT2D eigenvalue weighted by atomic mass is 16.5. The lowest BCUT2D eigenvalue weighted by Gasteiger charge is -2.37. The van der Waals surface area contributed by atoms with E-state index in [1.807, 2.05) is 0 Å². The van der Waals surface area contributed by atoms with Crippen LogP contribution in [0.5, 0.6) is 0 Å². The van der Waals surface area contributed by atoms with Gasteiger partial charge in [-0.15, -0.1) is 0 Å². The maximum Gasteiger partial charge on any atom is 0.103 e. The molecule has 1 radical (unpaired) electrons. The molecule has 0 atom stereocenters. The van der Waals surface area contributed by atoms with Crippen molar-refractivity contribution in [1.82, 2.24) is 9.80 Å². The van der Waals surface area contributed by atoms with E-state index in [9.17, 15) is 0 Å². The Labute approximate surface area is 81.7 Å². The first-order valence-corrected chi connectivity index (χ1v) is 5.20. The highest BCUT2D eigenvalue weighted by molar-refractivity contribution is 4.85. The molecule has 1 aliphatic heterocycles. The molecule has 13 heavy (non-hydrogen) atoms. The van der Waals surface area contributed by atoms with Gasteiger partial charge in [0.1, 0.15) is 6.17 Å². The highest BCUT2D eigenvalue weighted by Gasteiger charge is 2.21. The maximum atomic E-state index is 5.32. The normalized spacial score (nSPS) is 20.1. The molecular formula is C10H21N2O. The second-order valence-electron chi connectivity index (χ2n) is 3.32. The van der Waals surface area contributed by atoms with Crippen molar-refractivity contribution in [3.8, 4) is 0 Å².